The van der Waals surface area contributed by atoms with Crippen LogP contribution in [0.1, 0.15) is 11.1 Å². The number of pyridine rings is 1. The van der Waals surface area contributed by atoms with E-state index in [9.17, 15) is 20.1 Å². The molecule has 0 aliphatic carbocycles. The lowest BCUT2D eigenvalue weighted by Crippen LogP contribution is -2.32. The Labute approximate surface area is 179 Å². The number of nitrogens with zero attached hydrogens (tertiary/aromatic N) is 3. The molecule has 0 amide bonds. The molecule has 4 aromatic carbocycles. The maximum absolute atomic E-state index is 13.5. The third-order valence-electron chi connectivity index (χ3n) is 5.85. The van der Waals surface area contributed by atoms with Crippen LogP contribution in [-0.2, 0) is 0 Å². The van der Waals surface area contributed by atoms with E-state index >= 15 is 0 Å². The lowest BCUT2D eigenvalue weighted by molar-refractivity contribution is 0.661. The van der Waals surface area contributed by atoms with Crippen molar-refractivity contribution in [1.29, 1.82) is 10.5 Å². The second kappa shape index (κ2) is 6.28. The van der Waals surface area contributed by atoms with Gasteiger partial charge in [-0.3, -0.25) is 9.59 Å². The van der Waals surface area contributed by atoms with Crippen LogP contribution in [0.25, 0.3) is 49.2 Å². The first-order chi connectivity index (χ1) is 15.6. The van der Waals surface area contributed by atoms with Crippen LogP contribution >= 0.6 is 0 Å². The van der Waals surface area contributed by atoms with Gasteiger partial charge in [-0.25, -0.2) is 4.57 Å². The van der Waals surface area contributed by atoms with Gasteiger partial charge in [0.1, 0.15) is 11.7 Å². The number of nitriles is 2. The van der Waals surface area contributed by atoms with Crippen molar-refractivity contribution in [1.82, 2.24) is 4.57 Å². The van der Waals surface area contributed by atoms with Gasteiger partial charge in [-0.2, -0.15) is 10.5 Å². The van der Waals surface area contributed by atoms with E-state index in [1.807, 2.05) is 12.1 Å². The molecule has 32 heavy (non-hydrogen) atoms. The third-order valence-corrected chi connectivity index (χ3v) is 5.85. The molecule has 0 atom stereocenters. The van der Waals surface area contributed by atoms with Crippen molar-refractivity contribution in [3.05, 3.63) is 98.6 Å². The monoisotopic (exact) mass is 413 g/mol. The molecule has 6 heteroatoms. The highest BCUT2D eigenvalue weighted by Gasteiger charge is 2.24. The SMILES string of the molecule is N#Cc1cc2c(=O)n(-c3ccccc3)c(=O)c3cc(C#N)c4c5ccccc5oc1c4c23. The molecule has 6 aromatic rings. The highest BCUT2D eigenvalue weighted by atomic mass is 16.3. The van der Waals surface area contributed by atoms with Crippen molar-refractivity contribution >= 4 is 43.5 Å². The molecule has 0 N–H and O–H groups in total. The average Bonchev–Trinajstić information content (AvgIpc) is 2.84. The van der Waals surface area contributed by atoms with Gasteiger partial charge in [0.15, 0.2) is 5.58 Å². The predicted molar refractivity (Wildman–Crippen MR) is 121 cm³/mol. The smallest absolute Gasteiger partial charge is 0.266 e. The molecule has 6 rings (SSSR count). The van der Waals surface area contributed by atoms with Crippen LogP contribution in [0.5, 0.6) is 0 Å². The van der Waals surface area contributed by atoms with Gasteiger partial charge in [-0.1, -0.05) is 36.4 Å². The van der Waals surface area contributed by atoms with Gasteiger partial charge in [0.05, 0.1) is 33.7 Å². The summed E-state index contributed by atoms with van der Waals surface area (Å²) in [5, 5.41) is 22.3. The largest absolute Gasteiger partial charge is 0.455 e. The van der Waals surface area contributed by atoms with E-state index in [1.54, 1.807) is 42.5 Å². The van der Waals surface area contributed by atoms with Crippen LogP contribution in [0.3, 0.4) is 0 Å². The fraction of sp³-hybridized carbons (Fsp3) is 0. The molecule has 6 nitrogen and oxygen atoms in total. The molecule has 0 saturated heterocycles. The summed E-state index contributed by atoms with van der Waals surface area (Å²) in [4.78, 5) is 27.0. The van der Waals surface area contributed by atoms with E-state index in [0.29, 0.717) is 32.8 Å². The number of fused-ring (bicyclic) bond motifs is 2. The summed E-state index contributed by atoms with van der Waals surface area (Å²) in [6.07, 6.45) is 0. The van der Waals surface area contributed by atoms with Crippen molar-refractivity contribution in [2.24, 2.45) is 0 Å². The lowest BCUT2D eigenvalue weighted by Gasteiger charge is -2.15. The molecule has 0 aliphatic heterocycles. The van der Waals surface area contributed by atoms with Gasteiger partial charge in [0, 0.05) is 21.5 Å². The minimum absolute atomic E-state index is 0.167. The standard InChI is InChI=1S/C26H11N3O3/c27-12-14-10-18-22-19(26(31)29(25(18)30)16-6-2-1-3-7-16)11-15(13-28)24-23(22)21(14)17-8-4-5-9-20(17)32-24/h1-11H. The Morgan fingerprint density at radius 1 is 0.688 bits per heavy atom. The van der Waals surface area contributed by atoms with Crippen LogP contribution in [0, 0.1) is 22.7 Å². The minimum atomic E-state index is -0.522. The molecule has 0 radical (unpaired) electrons. The van der Waals surface area contributed by atoms with E-state index < -0.39 is 11.1 Å². The fourth-order valence-corrected chi connectivity index (χ4v) is 4.52. The Balaban J connectivity index is 2.01. The van der Waals surface area contributed by atoms with E-state index in [1.165, 1.54) is 12.1 Å². The predicted octanol–water partition coefficient (Wildman–Crippen LogP) is 4.58. The van der Waals surface area contributed by atoms with Crippen LogP contribution in [0.4, 0.5) is 0 Å². The molecule has 0 aliphatic rings. The van der Waals surface area contributed by atoms with Crippen LogP contribution in [0.2, 0.25) is 0 Å². The van der Waals surface area contributed by atoms with Gasteiger partial charge in [-0.15, -0.1) is 0 Å². The van der Waals surface area contributed by atoms with Crippen molar-refractivity contribution < 1.29 is 4.42 Å². The van der Waals surface area contributed by atoms with E-state index in [4.69, 9.17) is 4.42 Å². The highest BCUT2D eigenvalue weighted by molar-refractivity contribution is 6.28. The Hall–Kier alpha value is -4.94. The van der Waals surface area contributed by atoms with E-state index in [0.717, 1.165) is 4.57 Å². The molecule has 2 heterocycles. The number of hydrogen-bond acceptors (Lipinski definition) is 5. The summed E-state index contributed by atoms with van der Waals surface area (Å²) in [7, 11) is 0. The normalized spacial score (nSPS) is 11.3. The second-order valence-corrected chi connectivity index (χ2v) is 7.50. The summed E-state index contributed by atoms with van der Waals surface area (Å²) in [5.74, 6) is 0. The van der Waals surface area contributed by atoms with Gasteiger partial charge in [0.25, 0.3) is 11.1 Å². The first-order valence-corrected chi connectivity index (χ1v) is 9.83. The zero-order valence-corrected chi connectivity index (χ0v) is 16.4. The lowest BCUT2D eigenvalue weighted by atomic mass is 9.91. The summed E-state index contributed by atoms with van der Waals surface area (Å²) >= 11 is 0. The fourth-order valence-electron chi connectivity index (χ4n) is 4.52. The maximum atomic E-state index is 13.5. The summed E-state index contributed by atoms with van der Waals surface area (Å²) < 4.78 is 7.15. The summed E-state index contributed by atoms with van der Waals surface area (Å²) in [5.41, 5.74) is 0.585. The minimum Gasteiger partial charge on any atom is -0.455 e. The Kier molecular flexibility index (Phi) is 3.51. The maximum Gasteiger partial charge on any atom is 0.266 e. The number of para-hydroxylation sites is 2. The van der Waals surface area contributed by atoms with Gasteiger partial charge in [0.2, 0.25) is 0 Å². The molecule has 148 valence electrons. The Bertz CT molecular complexity index is 1900. The highest BCUT2D eigenvalue weighted by Crippen LogP contribution is 2.40. The summed E-state index contributed by atoms with van der Waals surface area (Å²) in [6.45, 7) is 0. The van der Waals surface area contributed by atoms with Crippen LogP contribution < -0.4 is 11.1 Å². The van der Waals surface area contributed by atoms with Crippen molar-refractivity contribution in [2.75, 3.05) is 0 Å². The molecule has 0 spiro atoms. The number of benzene rings is 4. The Morgan fingerprint density at radius 2 is 1.31 bits per heavy atom. The molecular formula is C26H11N3O3. The molecular weight excluding hydrogens is 402 g/mol. The number of rotatable bonds is 1. The Morgan fingerprint density at radius 3 is 2.00 bits per heavy atom. The van der Waals surface area contributed by atoms with Crippen LogP contribution in [-0.4, -0.2) is 4.57 Å². The molecule has 0 saturated carbocycles. The van der Waals surface area contributed by atoms with Gasteiger partial charge >= 0.3 is 0 Å². The molecule has 2 aromatic heterocycles. The quantitative estimate of drug-likeness (QED) is 0.290. The van der Waals surface area contributed by atoms with Crippen LogP contribution in [0.15, 0.2) is 80.7 Å². The van der Waals surface area contributed by atoms with Gasteiger partial charge < -0.3 is 4.42 Å². The van der Waals surface area contributed by atoms with E-state index in [2.05, 4.69) is 12.1 Å². The van der Waals surface area contributed by atoms with Crippen molar-refractivity contribution in [2.45, 2.75) is 0 Å². The zero-order chi connectivity index (χ0) is 22.0. The van der Waals surface area contributed by atoms with Gasteiger partial charge in [-0.05, 0) is 30.3 Å². The van der Waals surface area contributed by atoms with Crippen molar-refractivity contribution in [3.8, 4) is 17.8 Å². The average molecular weight is 413 g/mol. The first-order valence-electron chi connectivity index (χ1n) is 9.83. The summed E-state index contributed by atoms with van der Waals surface area (Å²) in [6, 6.07) is 23.1. The molecule has 0 unspecified atom stereocenters. The van der Waals surface area contributed by atoms with E-state index in [-0.39, 0.29) is 27.5 Å². The topological polar surface area (TPSA) is 99.8 Å². The molecule has 0 fully saturated rings. The first kappa shape index (κ1) is 17.9. The number of hydrogen-bond donors (Lipinski definition) is 0. The molecule has 0 bridgehead atoms. The third kappa shape index (κ3) is 2.15. The zero-order valence-electron chi connectivity index (χ0n) is 16.4. The number of aromatic nitrogens is 1. The van der Waals surface area contributed by atoms with Crippen molar-refractivity contribution in [3.63, 3.8) is 0 Å². The second-order valence-electron chi connectivity index (χ2n) is 7.50.